The molecule has 8 aliphatic heterocycles. The molecule has 0 spiro atoms. The average molecular weight is 1740 g/mol. The van der Waals surface area contributed by atoms with Crippen molar-refractivity contribution in [1.82, 2.24) is 118 Å². The van der Waals surface area contributed by atoms with Gasteiger partial charge in [-0.2, -0.15) is 40.8 Å². The van der Waals surface area contributed by atoms with Crippen molar-refractivity contribution in [3.05, 3.63) is 191 Å². The highest BCUT2D eigenvalue weighted by atomic mass is 16.5. The van der Waals surface area contributed by atoms with Gasteiger partial charge in [0.25, 0.3) is 0 Å². The number of aromatic amines is 4. The Morgan fingerprint density at radius 2 is 0.636 bits per heavy atom. The van der Waals surface area contributed by atoms with Crippen LogP contribution in [-0.4, -0.2) is 220 Å². The maximum absolute atomic E-state index is 12.2. The number of nitrogens with one attached hydrogen (secondary N) is 4. The molecule has 3 atom stereocenters. The molecule has 24 rings (SSSR count). The molecule has 8 aliphatic rings. The number of benzene rings is 4. The summed E-state index contributed by atoms with van der Waals surface area (Å²) in [5.41, 5.74) is 33.3. The number of carbonyl (C=O) groups is 4. The van der Waals surface area contributed by atoms with Gasteiger partial charge in [0.15, 0.2) is 0 Å². The van der Waals surface area contributed by atoms with Crippen LogP contribution < -0.4 is 0 Å². The minimum Gasteiger partial charge on any atom is -0.379 e. The van der Waals surface area contributed by atoms with Gasteiger partial charge in [-0.15, -0.1) is 0 Å². The second-order valence-electron chi connectivity index (χ2n) is 35.7. The summed E-state index contributed by atoms with van der Waals surface area (Å²) in [6.45, 7) is 22.0. The van der Waals surface area contributed by atoms with Gasteiger partial charge in [0.1, 0.15) is 0 Å². The number of nitrogens with zero attached hydrogens (tertiary/aromatic N) is 20. The molecule has 129 heavy (non-hydrogen) atoms. The molecule has 20 heterocycles. The summed E-state index contributed by atoms with van der Waals surface area (Å²) in [5.74, 6) is 0.440. The van der Waals surface area contributed by atoms with Crippen molar-refractivity contribution >= 4 is 67.2 Å². The van der Waals surface area contributed by atoms with Crippen LogP contribution in [0.4, 0.5) is 0 Å². The quantitative estimate of drug-likeness (QED) is 0.0883. The highest BCUT2D eigenvalue weighted by Gasteiger charge is 2.38. The Morgan fingerprint density at radius 1 is 0.349 bits per heavy atom. The number of aromatic nitrogens is 20. The molecule has 0 aliphatic carbocycles. The normalized spacial score (nSPS) is 17.9. The Labute approximate surface area is 744 Å². The van der Waals surface area contributed by atoms with Crippen molar-refractivity contribution < 1.29 is 38.1 Å². The third-order valence-corrected chi connectivity index (χ3v) is 27.3. The van der Waals surface area contributed by atoms with E-state index >= 15 is 0 Å². The van der Waals surface area contributed by atoms with Gasteiger partial charge in [-0.3, -0.25) is 56.6 Å². The van der Waals surface area contributed by atoms with Crippen LogP contribution in [0.25, 0.3) is 133 Å². The monoisotopic (exact) mass is 1730 g/mol. The van der Waals surface area contributed by atoms with E-state index in [9.17, 15) is 19.2 Å². The first-order valence-corrected chi connectivity index (χ1v) is 44.8. The second kappa shape index (κ2) is 33.6. The van der Waals surface area contributed by atoms with E-state index in [4.69, 9.17) is 39.3 Å². The molecule has 0 radical (unpaired) electrons. The summed E-state index contributed by atoms with van der Waals surface area (Å²) in [7, 11) is 7.70. The van der Waals surface area contributed by atoms with E-state index in [1.807, 2.05) is 128 Å². The van der Waals surface area contributed by atoms with Crippen molar-refractivity contribution in [2.45, 2.75) is 137 Å². The first kappa shape index (κ1) is 82.4. The van der Waals surface area contributed by atoms with Gasteiger partial charge in [-0.1, -0.05) is 48.5 Å². The molecule has 32 heteroatoms. The van der Waals surface area contributed by atoms with Crippen LogP contribution in [0.2, 0.25) is 0 Å². The van der Waals surface area contributed by atoms with Crippen LogP contribution >= 0.6 is 0 Å². The van der Waals surface area contributed by atoms with Gasteiger partial charge in [0.2, 0.25) is 23.6 Å². The summed E-state index contributed by atoms with van der Waals surface area (Å²) in [6, 6.07) is 26.9. The third kappa shape index (κ3) is 15.3. The predicted molar refractivity (Wildman–Crippen MR) is 489 cm³/mol. The maximum Gasteiger partial charge on any atom is 0.219 e. The van der Waals surface area contributed by atoms with E-state index in [1.54, 1.807) is 27.7 Å². The summed E-state index contributed by atoms with van der Waals surface area (Å²) in [4.78, 5) is 70.3. The fourth-order valence-corrected chi connectivity index (χ4v) is 20.3. The van der Waals surface area contributed by atoms with E-state index < -0.39 is 0 Å². The van der Waals surface area contributed by atoms with E-state index in [1.165, 1.54) is 33.9 Å². The van der Waals surface area contributed by atoms with Crippen molar-refractivity contribution in [3.63, 3.8) is 0 Å². The van der Waals surface area contributed by atoms with Crippen molar-refractivity contribution in [1.29, 1.82) is 0 Å². The zero-order valence-electron chi connectivity index (χ0n) is 74.5. The standard InChI is InChI=1S/2C25H28N6O2.C24H26N6O2.C23H24N6O2/c2*1-15-24(20-5-4-17(10-22(20)27-15)18-11-26-29(3)12-18)25-21-13-30(16(2)32)8-6-23(21)31(28-25)19-7-9-33-14-19;1-15(31)29-7-5-23-21(13-29)24(27-30(23)18-6-8-32-14-18)20-11-25-22-9-16(3-4-19(20)22)17-10-26-28(2)12-17;1-14(30)28-6-5-22-20(11-28)23(26-29(22)17-12-31-13-17)19-9-24-21-7-15(3-4-18(19)21)16-8-25-27(2)10-16/h2*4-5,10-12,19,27H,6-9,13-14H2,1-3H3;3-4,9-12,18,25H,5-8,13-14H2,1-2H3;3-4,7-10,17,24H,5-6,11-13H2,1-2H3/t19-;;;/m0.../s1. The number of hydrogen-bond acceptors (Lipinski definition) is 16. The Kier molecular flexibility index (Phi) is 21.4. The summed E-state index contributed by atoms with van der Waals surface area (Å²) in [5, 5.41) is 42.2. The molecule has 4 aromatic carbocycles. The van der Waals surface area contributed by atoms with Crippen LogP contribution in [0.3, 0.4) is 0 Å². The van der Waals surface area contributed by atoms with Crippen LogP contribution in [0.5, 0.6) is 0 Å². The number of amides is 4. The number of H-pyrrole nitrogens is 4. The molecule has 2 unspecified atom stereocenters. The lowest BCUT2D eigenvalue weighted by Crippen LogP contribution is -2.37. The third-order valence-electron chi connectivity index (χ3n) is 27.3. The molecule has 662 valence electrons. The Bertz CT molecular complexity index is 6820. The summed E-state index contributed by atoms with van der Waals surface area (Å²) < 4.78 is 38.4. The summed E-state index contributed by atoms with van der Waals surface area (Å²) in [6.07, 6.45) is 25.9. The smallest absolute Gasteiger partial charge is 0.219 e. The minimum atomic E-state index is 0.108. The lowest BCUT2D eigenvalue weighted by atomic mass is 9.98. The second-order valence-corrected chi connectivity index (χ2v) is 35.7. The average Bonchev–Trinajstić information content (AvgIpc) is 1.63. The zero-order chi connectivity index (χ0) is 88.3. The van der Waals surface area contributed by atoms with Crippen LogP contribution in [0.15, 0.2) is 135 Å². The molecule has 4 N–H and O–H groups in total. The van der Waals surface area contributed by atoms with Gasteiger partial charge in [0, 0.05) is 335 Å². The highest BCUT2D eigenvalue weighted by Crippen LogP contribution is 2.45. The van der Waals surface area contributed by atoms with Gasteiger partial charge in [-0.05, 0) is 79.6 Å². The lowest BCUT2D eigenvalue weighted by Gasteiger charge is -2.31. The molecule has 4 saturated heterocycles. The van der Waals surface area contributed by atoms with Crippen molar-refractivity contribution in [2.24, 2.45) is 28.2 Å². The number of ether oxygens (including phenoxy) is 4. The number of rotatable bonds is 12. The van der Waals surface area contributed by atoms with Gasteiger partial charge >= 0.3 is 0 Å². The Morgan fingerprint density at radius 3 is 0.915 bits per heavy atom. The number of carbonyl (C=O) groups excluding carboxylic acids is 4. The topological polar surface area (TPSA) is 324 Å². The Balaban J connectivity index is 0.000000104. The van der Waals surface area contributed by atoms with Gasteiger partial charge in [-0.25, -0.2) is 0 Å². The Hall–Kier alpha value is -13.6. The molecule has 4 fully saturated rings. The highest BCUT2D eigenvalue weighted by molar-refractivity contribution is 6.02. The number of hydrogen-bond donors (Lipinski definition) is 4. The number of aryl methyl sites for hydroxylation is 6. The predicted octanol–water partition coefficient (Wildman–Crippen LogP) is 13.4. The summed E-state index contributed by atoms with van der Waals surface area (Å²) >= 11 is 0. The first-order valence-electron chi connectivity index (χ1n) is 44.8. The molecular formula is C97H106N24O8. The molecule has 0 saturated carbocycles. The van der Waals surface area contributed by atoms with Crippen molar-refractivity contribution in [2.75, 3.05) is 79.0 Å². The maximum atomic E-state index is 12.2. The molecule has 0 bridgehead atoms. The van der Waals surface area contributed by atoms with Crippen molar-refractivity contribution in [3.8, 4) is 89.5 Å². The van der Waals surface area contributed by atoms with Gasteiger partial charge < -0.3 is 58.5 Å². The van der Waals surface area contributed by atoms with Crippen LogP contribution in [0, 0.1) is 13.8 Å². The lowest BCUT2D eigenvalue weighted by molar-refractivity contribution is -0.130. The van der Waals surface area contributed by atoms with Crippen LogP contribution in [-0.2, 0) is 118 Å². The van der Waals surface area contributed by atoms with Crippen LogP contribution in [0.1, 0.15) is 128 Å². The molecular weight excluding hydrogens is 1630 g/mol. The first-order chi connectivity index (χ1) is 62.6. The molecule has 4 amide bonds. The fourth-order valence-electron chi connectivity index (χ4n) is 20.3. The van der Waals surface area contributed by atoms with Gasteiger partial charge in [0.05, 0.1) is 105 Å². The number of fused-ring (bicyclic) bond motifs is 8. The molecule has 16 aromatic rings. The van der Waals surface area contributed by atoms with E-state index in [0.29, 0.717) is 59.2 Å². The van der Waals surface area contributed by atoms with E-state index in [2.05, 4.69) is 146 Å². The molecule has 32 nitrogen and oxygen atoms in total. The van der Waals surface area contributed by atoms with E-state index in [0.717, 1.165) is 247 Å². The largest absolute Gasteiger partial charge is 0.379 e. The minimum absolute atomic E-state index is 0.108. The fraction of sp³-hybridized carbons (Fsp3) is 0.381. The van der Waals surface area contributed by atoms with E-state index in [-0.39, 0.29) is 47.8 Å². The zero-order valence-corrected chi connectivity index (χ0v) is 74.5. The molecule has 12 aromatic heterocycles. The SMILES string of the molecule is CC(=O)N1CCc2c(c(-c3c(C)[nH]c4cc(-c5cnn(C)c5)ccc34)nn2C2CCOC2)C1.CC(=O)N1CCc2c(c(-c3c(C)[nH]c4cc(-c5cnn(C)c5)ccc34)nn2[C@H]2CCOC2)C1.CC(=O)N1CCc2c(c(-c3c[nH]c4cc(-c5cnn(C)c5)ccc34)nn2C2CCOC2)C1.CC(=O)N1CCc2c(c(-c3c[nH]c4cc(-c5cnn(C)c5)ccc34)nn2C2COC2)C1.